The summed E-state index contributed by atoms with van der Waals surface area (Å²) in [5.74, 6) is 0.869. The Morgan fingerprint density at radius 2 is 1.92 bits per heavy atom. The largest absolute Gasteiger partial charge is 0.501 e. The van der Waals surface area contributed by atoms with E-state index in [1.165, 1.54) is 0 Å². The van der Waals surface area contributed by atoms with Gasteiger partial charge in [-0.3, -0.25) is 0 Å². The molecule has 0 bridgehead atoms. The van der Waals surface area contributed by atoms with Gasteiger partial charge in [0, 0.05) is 0 Å². The molecule has 0 fully saturated rings. The zero-order valence-corrected chi connectivity index (χ0v) is 7.99. The third-order valence-corrected chi connectivity index (χ3v) is 1.64. The smallest absolute Gasteiger partial charge is 0.118 e. The molecule has 2 nitrogen and oxygen atoms in total. The quantitative estimate of drug-likeness (QED) is 0.660. The van der Waals surface area contributed by atoms with Crippen molar-refractivity contribution in [2.45, 2.75) is 6.92 Å². The van der Waals surface area contributed by atoms with Gasteiger partial charge in [-0.25, -0.2) is 0 Å². The molecule has 1 aromatic carbocycles. The molecule has 0 aromatic heterocycles. The van der Waals surface area contributed by atoms with E-state index < -0.39 is 0 Å². The normalized spacial score (nSPS) is 10.3. The Bertz CT molecular complexity index is 262. The van der Waals surface area contributed by atoms with Gasteiger partial charge < -0.3 is 9.47 Å². The second kappa shape index (κ2) is 5.25. The number of hydrogen-bond acceptors (Lipinski definition) is 2. The average Bonchev–Trinajstić information content (AvgIpc) is 2.19. The molecule has 0 N–H and O–H groups in total. The van der Waals surface area contributed by atoms with Crippen molar-refractivity contribution in [1.82, 2.24) is 0 Å². The molecule has 0 heterocycles. The van der Waals surface area contributed by atoms with Crippen molar-refractivity contribution in [3.63, 3.8) is 0 Å². The molecule has 70 valence electrons. The average molecular weight is 178 g/mol. The molecule has 0 unspecified atom stereocenters. The molecule has 0 aliphatic carbocycles. The van der Waals surface area contributed by atoms with Crippen LogP contribution in [0.25, 0.3) is 6.08 Å². The summed E-state index contributed by atoms with van der Waals surface area (Å²) in [4.78, 5) is 0. The van der Waals surface area contributed by atoms with Crippen molar-refractivity contribution in [1.29, 1.82) is 0 Å². The highest BCUT2D eigenvalue weighted by Gasteiger charge is 1.89. The fourth-order valence-corrected chi connectivity index (χ4v) is 0.938. The van der Waals surface area contributed by atoms with Crippen LogP contribution in [0, 0.1) is 0 Å². The summed E-state index contributed by atoms with van der Waals surface area (Å²) in [5, 5.41) is 0. The van der Waals surface area contributed by atoms with Crippen LogP contribution < -0.4 is 4.74 Å². The van der Waals surface area contributed by atoms with Crippen LogP contribution in [0.4, 0.5) is 0 Å². The fourth-order valence-electron chi connectivity index (χ4n) is 0.938. The first-order valence-electron chi connectivity index (χ1n) is 4.29. The number of rotatable bonds is 4. The maximum atomic E-state index is 5.08. The van der Waals surface area contributed by atoms with Gasteiger partial charge in [0.15, 0.2) is 0 Å². The minimum absolute atomic E-state index is 0.701. The summed E-state index contributed by atoms with van der Waals surface area (Å²) in [6.45, 7) is 2.66. The molecule has 13 heavy (non-hydrogen) atoms. The third kappa shape index (κ3) is 3.20. The van der Waals surface area contributed by atoms with Crippen LogP contribution in [0.2, 0.25) is 0 Å². The SMILES string of the molecule is CCO/C=C/c1ccc(OC)cc1. The number of ether oxygens (including phenoxy) is 2. The molecule has 0 atom stereocenters. The number of hydrogen-bond donors (Lipinski definition) is 0. The first-order valence-corrected chi connectivity index (χ1v) is 4.29. The number of benzene rings is 1. The summed E-state index contributed by atoms with van der Waals surface area (Å²) >= 11 is 0. The Kier molecular flexibility index (Phi) is 3.89. The van der Waals surface area contributed by atoms with E-state index in [4.69, 9.17) is 9.47 Å². The topological polar surface area (TPSA) is 18.5 Å². The lowest BCUT2D eigenvalue weighted by molar-refractivity contribution is 0.272. The first kappa shape index (κ1) is 9.65. The Morgan fingerprint density at radius 1 is 1.23 bits per heavy atom. The zero-order chi connectivity index (χ0) is 9.52. The molecule has 1 rings (SSSR count). The Balaban J connectivity index is 2.58. The molecule has 0 radical (unpaired) electrons. The molecule has 0 spiro atoms. The van der Waals surface area contributed by atoms with Gasteiger partial charge in [-0.1, -0.05) is 12.1 Å². The van der Waals surface area contributed by atoms with Crippen molar-refractivity contribution in [3.8, 4) is 5.75 Å². The van der Waals surface area contributed by atoms with Gasteiger partial charge in [0.1, 0.15) is 5.75 Å². The monoisotopic (exact) mass is 178 g/mol. The summed E-state index contributed by atoms with van der Waals surface area (Å²) in [6, 6.07) is 7.81. The predicted octanol–water partition coefficient (Wildman–Crippen LogP) is 2.70. The van der Waals surface area contributed by atoms with Crippen LogP contribution >= 0.6 is 0 Å². The van der Waals surface area contributed by atoms with Crippen LogP contribution in [0.5, 0.6) is 5.75 Å². The zero-order valence-electron chi connectivity index (χ0n) is 7.99. The van der Waals surface area contributed by atoms with Crippen LogP contribution in [0.1, 0.15) is 12.5 Å². The van der Waals surface area contributed by atoms with Crippen molar-refractivity contribution >= 4 is 6.08 Å². The first-order chi connectivity index (χ1) is 6.36. The van der Waals surface area contributed by atoms with Gasteiger partial charge in [-0.2, -0.15) is 0 Å². The summed E-state index contributed by atoms with van der Waals surface area (Å²) in [7, 11) is 1.66. The second-order valence-electron chi connectivity index (χ2n) is 2.53. The van der Waals surface area contributed by atoms with Crippen molar-refractivity contribution in [2.75, 3.05) is 13.7 Å². The predicted molar refractivity (Wildman–Crippen MR) is 53.7 cm³/mol. The molecular formula is C11H14O2. The molecule has 0 saturated carbocycles. The molecule has 0 aliphatic heterocycles. The van der Waals surface area contributed by atoms with E-state index >= 15 is 0 Å². The van der Waals surface area contributed by atoms with Crippen LogP contribution in [0.3, 0.4) is 0 Å². The lowest BCUT2D eigenvalue weighted by Crippen LogP contribution is -1.81. The van der Waals surface area contributed by atoms with E-state index in [9.17, 15) is 0 Å². The lowest BCUT2D eigenvalue weighted by Gasteiger charge is -1.99. The Labute approximate surface area is 78.8 Å². The highest BCUT2D eigenvalue weighted by atomic mass is 16.5. The van der Waals surface area contributed by atoms with Gasteiger partial charge in [-0.15, -0.1) is 0 Å². The highest BCUT2D eigenvalue weighted by Crippen LogP contribution is 2.12. The minimum Gasteiger partial charge on any atom is -0.501 e. The van der Waals surface area contributed by atoms with E-state index in [-0.39, 0.29) is 0 Å². The van der Waals surface area contributed by atoms with E-state index in [2.05, 4.69) is 0 Å². The third-order valence-electron chi connectivity index (χ3n) is 1.64. The molecule has 2 heteroatoms. The second-order valence-corrected chi connectivity index (χ2v) is 2.53. The molecule has 0 saturated heterocycles. The van der Waals surface area contributed by atoms with E-state index in [1.54, 1.807) is 13.4 Å². The van der Waals surface area contributed by atoms with Gasteiger partial charge >= 0.3 is 0 Å². The standard InChI is InChI=1S/C11H14O2/c1-3-13-9-8-10-4-6-11(12-2)7-5-10/h4-9H,3H2,1-2H3/b9-8+. The molecule has 0 aliphatic rings. The molecule has 0 amide bonds. The summed E-state index contributed by atoms with van der Waals surface area (Å²) in [6.07, 6.45) is 3.62. The van der Waals surface area contributed by atoms with Gasteiger partial charge in [-0.05, 0) is 30.7 Å². The van der Waals surface area contributed by atoms with Crippen LogP contribution in [0.15, 0.2) is 30.5 Å². The summed E-state index contributed by atoms with van der Waals surface area (Å²) in [5.41, 5.74) is 1.11. The maximum absolute atomic E-state index is 5.08. The fraction of sp³-hybridized carbons (Fsp3) is 0.273. The summed E-state index contributed by atoms with van der Waals surface area (Å²) < 4.78 is 10.1. The molecule has 1 aromatic rings. The van der Waals surface area contributed by atoms with Crippen molar-refractivity contribution < 1.29 is 9.47 Å². The van der Waals surface area contributed by atoms with E-state index in [0.29, 0.717) is 6.61 Å². The van der Waals surface area contributed by atoms with Gasteiger partial charge in [0.05, 0.1) is 20.0 Å². The minimum atomic E-state index is 0.701. The van der Waals surface area contributed by atoms with Crippen molar-refractivity contribution in [3.05, 3.63) is 36.1 Å². The van der Waals surface area contributed by atoms with Crippen LogP contribution in [-0.4, -0.2) is 13.7 Å². The van der Waals surface area contributed by atoms with Crippen molar-refractivity contribution in [2.24, 2.45) is 0 Å². The van der Waals surface area contributed by atoms with E-state index in [1.807, 2.05) is 37.3 Å². The lowest BCUT2D eigenvalue weighted by atomic mass is 10.2. The Morgan fingerprint density at radius 3 is 2.46 bits per heavy atom. The molecular weight excluding hydrogens is 164 g/mol. The van der Waals surface area contributed by atoms with E-state index in [0.717, 1.165) is 11.3 Å². The van der Waals surface area contributed by atoms with Gasteiger partial charge in [0.25, 0.3) is 0 Å². The van der Waals surface area contributed by atoms with Crippen LogP contribution in [-0.2, 0) is 4.74 Å². The highest BCUT2D eigenvalue weighted by molar-refractivity contribution is 5.49. The Hall–Kier alpha value is -1.44. The van der Waals surface area contributed by atoms with Gasteiger partial charge in [0.2, 0.25) is 0 Å². The number of methoxy groups -OCH3 is 1. The maximum Gasteiger partial charge on any atom is 0.118 e.